The van der Waals surface area contributed by atoms with Gasteiger partial charge in [-0.25, -0.2) is 4.39 Å². The van der Waals surface area contributed by atoms with Gasteiger partial charge in [0, 0.05) is 24.4 Å². The number of hydrogen-bond acceptors (Lipinski definition) is 2. The molecule has 0 aliphatic carbocycles. The molecule has 0 radical (unpaired) electrons. The SMILES string of the molecule is Cn1cc(Br)c(-c2cccc(C(C(N)=O)c3ccccc3F)c2)n1. The minimum absolute atomic E-state index is 0.266. The molecular weight excluding hydrogens is 373 g/mol. The molecule has 1 unspecified atom stereocenters. The van der Waals surface area contributed by atoms with E-state index in [4.69, 9.17) is 5.73 Å². The Balaban J connectivity index is 2.11. The zero-order valence-electron chi connectivity index (χ0n) is 12.9. The lowest BCUT2D eigenvalue weighted by atomic mass is 9.89. The minimum atomic E-state index is -0.853. The van der Waals surface area contributed by atoms with E-state index in [-0.39, 0.29) is 5.56 Å². The van der Waals surface area contributed by atoms with E-state index >= 15 is 0 Å². The van der Waals surface area contributed by atoms with Crippen molar-refractivity contribution >= 4 is 21.8 Å². The molecule has 1 amide bonds. The number of primary amides is 1. The molecule has 0 saturated carbocycles. The maximum atomic E-state index is 14.1. The number of rotatable bonds is 4. The third-order valence-electron chi connectivity index (χ3n) is 3.78. The third-order valence-corrected chi connectivity index (χ3v) is 4.36. The van der Waals surface area contributed by atoms with Crippen LogP contribution in [0, 0.1) is 5.82 Å². The van der Waals surface area contributed by atoms with Crippen molar-refractivity contribution in [3.05, 3.63) is 76.1 Å². The van der Waals surface area contributed by atoms with Gasteiger partial charge in [0.05, 0.1) is 10.4 Å². The number of benzene rings is 2. The summed E-state index contributed by atoms with van der Waals surface area (Å²) in [4.78, 5) is 12.0. The van der Waals surface area contributed by atoms with Crippen LogP contribution >= 0.6 is 15.9 Å². The highest BCUT2D eigenvalue weighted by atomic mass is 79.9. The predicted octanol–water partition coefficient (Wildman–Crippen LogP) is 3.61. The van der Waals surface area contributed by atoms with Crippen molar-refractivity contribution in [3.63, 3.8) is 0 Å². The Labute approximate surface area is 147 Å². The van der Waals surface area contributed by atoms with Gasteiger partial charge in [-0.15, -0.1) is 0 Å². The number of hydrogen-bond donors (Lipinski definition) is 1. The van der Waals surface area contributed by atoms with E-state index in [9.17, 15) is 9.18 Å². The standard InChI is InChI=1S/C18H15BrFN3O/c1-23-10-14(19)17(22-23)12-6-4-5-11(9-12)16(18(21)24)13-7-2-3-8-15(13)20/h2-10,16H,1H3,(H2,21,24). The van der Waals surface area contributed by atoms with E-state index in [1.165, 1.54) is 6.07 Å². The lowest BCUT2D eigenvalue weighted by molar-refractivity contribution is -0.118. The molecule has 4 nitrogen and oxygen atoms in total. The van der Waals surface area contributed by atoms with Crippen molar-refractivity contribution in [2.24, 2.45) is 12.8 Å². The second-order valence-electron chi connectivity index (χ2n) is 5.48. The Bertz CT molecular complexity index is 907. The normalized spacial score (nSPS) is 12.1. The second-order valence-corrected chi connectivity index (χ2v) is 6.34. The Kier molecular flexibility index (Phi) is 4.49. The predicted molar refractivity (Wildman–Crippen MR) is 93.8 cm³/mol. The van der Waals surface area contributed by atoms with Crippen LogP contribution in [0.25, 0.3) is 11.3 Å². The highest BCUT2D eigenvalue weighted by Crippen LogP contribution is 2.32. The molecule has 1 aromatic heterocycles. The molecule has 0 aliphatic heterocycles. The van der Waals surface area contributed by atoms with Gasteiger partial charge in [0.15, 0.2) is 0 Å². The lowest BCUT2D eigenvalue weighted by Gasteiger charge is -2.16. The van der Waals surface area contributed by atoms with Gasteiger partial charge in [0.2, 0.25) is 5.91 Å². The molecule has 2 N–H and O–H groups in total. The van der Waals surface area contributed by atoms with Crippen LogP contribution in [0.15, 0.2) is 59.2 Å². The van der Waals surface area contributed by atoms with E-state index < -0.39 is 17.6 Å². The fraction of sp³-hybridized carbons (Fsp3) is 0.111. The number of carbonyl (C=O) groups is 1. The topological polar surface area (TPSA) is 60.9 Å². The highest BCUT2D eigenvalue weighted by Gasteiger charge is 2.24. The summed E-state index contributed by atoms with van der Waals surface area (Å²) in [5.74, 6) is -1.91. The molecule has 0 spiro atoms. The molecule has 6 heteroatoms. The van der Waals surface area contributed by atoms with Crippen LogP contribution in [0.1, 0.15) is 17.0 Å². The molecule has 0 fully saturated rings. The number of halogens is 2. The first-order valence-electron chi connectivity index (χ1n) is 7.30. The molecular formula is C18H15BrFN3O. The van der Waals surface area contributed by atoms with E-state index in [2.05, 4.69) is 21.0 Å². The summed E-state index contributed by atoms with van der Waals surface area (Å²) in [5, 5.41) is 4.40. The monoisotopic (exact) mass is 387 g/mol. The zero-order valence-corrected chi connectivity index (χ0v) is 14.5. The maximum absolute atomic E-state index is 14.1. The Morgan fingerprint density at radius 2 is 2.00 bits per heavy atom. The number of nitrogens with zero attached hydrogens (tertiary/aromatic N) is 2. The summed E-state index contributed by atoms with van der Waals surface area (Å²) in [7, 11) is 1.82. The Hall–Kier alpha value is -2.47. The summed E-state index contributed by atoms with van der Waals surface area (Å²) in [6.07, 6.45) is 1.84. The fourth-order valence-electron chi connectivity index (χ4n) is 2.73. The summed E-state index contributed by atoms with van der Waals surface area (Å²) in [6, 6.07) is 13.4. The Morgan fingerprint density at radius 1 is 1.25 bits per heavy atom. The maximum Gasteiger partial charge on any atom is 0.229 e. The van der Waals surface area contributed by atoms with Crippen LogP contribution in [-0.4, -0.2) is 15.7 Å². The van der Waals surface area contributed by atoms with Gasteiger partial charge in [0.25, 0.3) is 0 Å². The van der Waals surface area contributed by atoms with Crippen LogP contribution < -0.4 is 5.73 Å². The summed E-state index contributed by atoms with van der Waals surface area (Å²) in [6.45, 7) is 0. The number of amides is 1. The molecule has 0 bridgehead atoms. The first-order chi connectivity index (χ1) is 11.5. The zero-order chi connectivity index (χ0) is 17.3. The molecule has 1 heterocycles. The van der Waals surface area contributed by atoms with Gasteiger partial charge < -0.3 is 5.73 Å². The first-order valence-corrected chi connectivity index (χ1v) is 8.10. The molecule has 24 heavy (non-hydrogen) atoms. The van der Waals surface area contributed by atoms with Gasteiger partial charge in [-0.05, 0) is 33.6 Å². The smallest absolute Gasteiger partial charge is 0.229 e. The summed E-state index contributed by atoms with van der Waals surface area (Å²) < 4.78 is 16.7. The quantitative estimate of drug-likeness (QED) is 0.743. The average Bonchev–Trinajstić information content (AvgIpc) is 2.88. The molecule has 3 rings (SSSR count). The van der Waals surface area contributed by atoms with Crippen LogP contribution in [-0.2, 0) is 11.8 Å². The van der Waals surface area contributed by atoms with Gasteiger partial charge in [-0.2, -0.15) is 5.10 Å². The molecule has 0 aliphatic rings. The van der Waals surface area contributed by atoms with Crippen LogP contribution in [0.2, 0.25) is 0 Å². The number of aryl methyl sites for hydroxylation is 1. The van der Waals surface area contributed by atoms with Gasteiger partial charge in [0.1, 0.15) is 11.5 Å². The molecule has 0 saturated heterocycles. The van der Waals surface area contributed by atoms with Crippen molar-refractivity contribution in [2.75, 3.05) is 0 Å². The van der Waals surface area contributed by atoms with Crippen molar-refractivity contribution in [2.45, 2.75) is 5.92 Å². The van der Waals surface area contributed by atoms with E-state index in [0.29, 0.717) is 5.56 Å². The second kappa shape index (κ2) is 6.57. The van der Waals surface area contributed by atoms with Gasteiger partial charge in [-0.3, -0.25) is 9.48 Å². The molecule has 2 aromatic carbocycles. The third kappa shape index (κ3) is 3.10. The molecule has 122 valence electrons. The fourth-order valence-corrected chi connectivity index (χ4v) is 3.33. The average molecular weight is 388 g/mol. The van der Waals surface area contributed by atoms with Gasteiger partial charge >= 0.3 is 0 Å². The van der Waals surface area contributed by atoms with Crippen LogP contribution in [0.4, 0.5) is 4.39 Å². The van der Waals surface area contributed by atoms with Crippen molar-refractivity contribution in [3.8, 4) is 11.3 Å². The van der Waals surface area contributed by atoms with Gasteiger partial charge in [-0.1, -0.05) is 36.4 Å². The first kappa shape index (κ1) is 16.4. The van der Waals surface area contributed by atoms with E-state index in [1.54, 1.807) is 28.9 Å². The largest absolute Gasteiger partial charge is 0.369 e. The number of nitrogens with two attached hydrogens (primary N) is 1. The van der Waals surface area contributed by atoms with Crippen molar-refractivity contribution in [1.82, 2.24) is 9.78 Å². The van der Waals surface area contributed by atoms with Crippen molar-refractivity contribution < 1.29 is 9.18 Å². The minimum Gasteiger partial charge on any atom is -0.369 e. The van der Waals surface area contributed by atoms with E-state index in [0.717, 1.165) is 15.7 Å². The number of carbonyl (C=O) groups excluding carboxylic acids is 1. The van der Waals surface area contributed by atoms with E-state index in [1.807, 2.05) is 31.4 Å². The van der Waals surface area contributed by atoms with Crippen molar-refractivity contribution in [1.29, 1.82) is 0 Å². The molecule has 3 aromatic rings. The highest BCUT2D eigenvalue weighted by molar-refractivity contribution is 9.10. The Morgan fingerprint density at radius 3 is 2.62 bits per heavy atom. The summed E-state index contributed by atoms with van der Waals surface area (Å²) in [5.41, 5.74) is 8.02. The molecule has 1 atom stereocenters. The lowest BCUT2D eigenvalue weighted by Crippen LogP contribution is -2.23. The number of aromatic nitrogens is 2. The van der Waals surface area contributed by atoms with Crippen LogP contribution in [0.3, 0.4) is 0 Å². The summed E-state index contributed by atoms with van der Waals surface area (Å²) >= 11 is 3.47. The van der Waals surface area contributed by atoms with Crippen LogP contribution in [0.5, 0.6) is 0 Å².